The van der Waals surface area contributed by atoms with Crippen LogP contribution in [0.5, 0.6) is 0 Å². The van der Waals surface area contributed by atoms with Crippen molar-refractivity contribution in [2.45, 2.75) is 32.5 Å². The van der Waals surface area contributed by atoms with Gasteiger partial charge in [-0.3, -0.25) is 9.48 Å². The highest BCUT2D eigenvalue weighted by molar-refractivity contribution is 5.78. The molecular weight excluding hydrogens is 244 g/mol. The second-order valence-corrected chi connectivity index (χ2v) is 5.37. The topological polar surface area (TPSA) is 61.6 Å². The zero-order valence-corrected chi connectivity index (χ0v) is 11.8. The second kappa shape index (κ2) is 5.71. The smallest absolute Gasteiger partial charge is 0.237 e. The van der Waals surface area contributed by atoms with Gasteiger partial charge >= 0.3 is 0 Å². The first-order valence-electron chi connectivity index (χ1n) is 6.64. The summed E-state index contributed by atoms with van der Waals surface area (Å²) in [4.78, 5) is 15.9. The van der Waals surface area contributed by atoms with Gasteiger partial charge in [0.25, 0.3) is 0 Å². The predicted octanol–water partition coefficient (Wildman–Crippen LogP) is 0.230. The molecule has 0 saturated heterocycles. The lowest BCUT2D eigenvalue weighted by Gasteiger charge is -2.22. The quantitative estimate of drug-likeness (QED) is 0.851. The Morgan fingerprint density at radius 1 is 1.53 bits per heavy atom. The molecule has 2 rings (SSSR count). The molecule has 0 radical (unpaired) electrons. The summed E-state index contributed by atoms with van der Waals surface area (Å²) in [6.07, 6.45) is 0.331. The average molecular weight is 266 g/mol. The van der Waals surface area contributed by atoms with E-state index in [0.717, 1.165) is 25.2 Å². The highest BCUT2D eigenvalue weighted by atomic mass is 16.3. The van der Waals surface area contributed by atoms with E-state index in [1.807, 2.05) is 34.6 Å². The van der Waals surface area contributed by atoms with Gasteiger partial charge in [-0.1, -0.05) is 0 Å². The molecule has 2 heterocycles. The van der Waals surface area contributed by atoms with Gasteiger partial charge < -0.3 is 14.9 Å². The Balaban J connectivity index is 2.13. The molecule has 1 N–H and O–H groups in total. The number of hydrogen-bond donors (Lipinski definition) is 1. The van der Waals surface area contributed by atoms with E-state index in [9.17, 15) is 9.90 Å². The summed E-state index contributed by atoms with van der Waals surface area (Å²) in [5.41, 5.74) is 1.68. The molecule has 6 nitrogen and oxygen atoms in total. The molecule has 106 valence electrons. The maximum absolute atomic E-state index is 12.1. The molecule has 1 amide bonds. The molecule has 0 spiro atoms. The van der Waals surface area contributed by atoms with Crippen molar-refractivity contribution < 1.29 is 9.90 Å². The van der Waals surface area contributed by atoms with Crippen LogP contribution in [-0.2, 0) is 17.9 Å². The molecular formula is C13H22N4O2. The number of carbonyl (C=O) groups excluding carboxylic acids is 1. The van der Waals surface area contributed by atoms with E-state index >= 15 is 0 Å². The molecule has 1 unspecified atom stereocenters. The van der Waals surface area contributed by atoms with E-state index in [4.69, 9.17) is 0 Å². The predicted molar refractivity (Wildman–Crippen MR) is 71.4 cm³/mol. The van der Waals surface area contributed by atoms with Gasteiger partial charge in [0, 0.05) is 13.1 Å². The van der Waals surface area contributed by atoms with E-state index in [1.54, 1.807) is 6.92 Å². The van der Waals surface area contributed by atoms with Crippen molar-refractivity contribution in [2.24, 2.45) is 0 Å². The molecule has 0 aromatic carbocycles. The minimum Gasteiger partial charge on any atom is -0.387 e. The molecule has 0 aliphatic carbocycles. The van der Waals surface area contributed by atoms with Crippen LogP contribution in [0.3, 0.4) is 0 Å². The first-order valence-corrected chi connectivity index (χ1v) is 6.64. The average Bonchev–Trinajstić information content (AvgIpc) is 2.61. The van der Waals surface area contributed by atoms with E-state index in [1.165, 1.54) is 0 Å². The Morgan fingerprint density at radius 3 is 2.89 bits per heavy atom. The Labute approximate surface area is 113 Å². The lowest BCUT2D eigenvalue weighted by molar-refractivity contribution is -0.132. The summed E-state index contributed by atoms with van der Waals surface area (Å²) in [7, 11) is 3.79. The van der Waals surface area contributed by atoms with Crippen LogP contribution in [0, 0.1) is 0 Å². The third-order valence-corrected chi connectivity index (χ3v) is 3.27. The Morgan fingerprint density at radius 2 is 2.26 bits per heavy atom. The largest absolute Gasteiger partial charge is 0.387 e. The zero-order chi connectivity index (χ0) is 14.0. The van der Waals surface area contributed by atoms with Crippen molar-refractivity contribution >= 4 is 5.91 Å². The monoisotopic (exact) mass is 266 g/mol. The first kappa shape index (κ1) is 14.0. The molecule has 1 aliphatic heterocycles. The van der Waals surface area contributed by atoms with Crippen LogP contribution < -0.4 is 0 Å². The van der Waals surface area contributed by atoms with E-state index in [2.05, 4.69) is 5.10 Å². The van der Waals surface area contributed by atoms with Crippen molar-refractivity contribution in [2.75, 3.05) is 27.2 Å². The number of rotatable bonds is 3. The molecule has 1 aliphatic rings. The summed E-state index contributed by atoms with van der Waals surface area (Å²) >= 11 is 0. The van der Waals surface area contributed by atoms with Crippen LogP contribution in [0.4, 0.5) is 0 Å². The number of aryl methyl sites for hydroxylation is 1. The molecule has 19 heavy (non-hydrogen) atoms. The maximum atomic E-state index is 12.1. The van der Waals surface area contributed by atoms with Crippen LogP contribution in [0.15, 0.2) is 6.07 Å². The van der Waals surface area contributed by atoms with Crippen molar-refractivity contribution in [1.29, 1.82) is 0 Å². The van der Waals surface area contributed by atoms with Gasteiger partial charge in [-0.05, 0) is 33.5 Å². The molecule has 0 fully saturated rings. The van der Waals surface area contributed by atoms with Crippen LogP contribution in [0.25, 0.3) is 0 Å². The number of aromatic nitrogens is 2. The fourth-order valence-electron chi connectivity index (χ4n) is 2.27. The van der Waals surface area contributed by atoms with E-state index in [0.29, 0.717) is 18.8 Å². The summed E-state index contributed by atoms with van der Waals surface area (Å²) in [6, 6.07) is 1.89. The third-order valence-electron chi connectivity index (χ3n) is 3.27. The SMILES string of the molecule is CC(O)c1cc2n(n1)CCCN(C(=O)CN(C)C)C2. The number of aliphatic hydroxyl groups excluding tert-OH is 1. The molecule has 0 saturated carbocycles. The lowest BCUT2D eigenvalue weighted by atomic mass is 10.2. The summed E-state index contributed by atoms with van der Waals surface area (Å²) in [5.74, 6) is 0.137. The Kier molecular flexibility index (Phi) is 4.21. The minimum atomic E-state index is -0.564. The van der Waals surface area contributed by atoms with Gasteiger partial charge in [0.2, 0.25) is 5.91 Å². The lowest BCUT2D eigenvalue weighted by Crippen LogP contribution is -2.37. The van der Waals surface area contributed by atoms with Crippen molar-refractivity contribution in [3.8, 4) is 0 Å². The normalized spacial score (nSPS) is 17.2. The van der Waals surface area contributed by atoms with E-state index < -0.39 is 6.10 Å². The molecule has 1 aromatic rings. The van der Waals surface area contributed by atoms with Crippen LogP contribution in [0.2, 0.25) is 0 Å². The number of likely N-dealkylation sites (N-methyl/N-ethyl adjacent to an activating group) is 1. The fourth-order valence-corrected chi connectivity index (χ4v) is 2.27. The van der Waals surface area contributed by atoms with Gasteiger partial charge in [-0.25, -0.2) is 0 Å². The fraction of sp³-hybridized carbons (Fsp3) is 0.692. The van der Waals surface area contributed by atoms with Gasteiger partial charge in [0.05, 0.1) is 30.6 Å². The van der Waals surface area contributed by atoms with Gasteiger partial charge in [-0.2, -0.15) is 5.10 Å². The highest BCUT2D eigenvalue weighted by Crippen LogP contribution is 2.17. The standard InChI is InChI=1S/C13H22N4O2/c1-10(18)12-7-11-8-16(13(19)9-15(2)3)5-4-6-17(11)14-12/h7,10,18H,4-6,8-9H2,1-3H3. The number of hydrogen-bond acceptors (Lipinski definition) is 4. The number of carbonyl (C=O) groups is 1. The third kappa shape index (κ3) is 3.33. The van der Waals surface area contributed by atoms with E-state index in [-0.39, 0.29) is 5.91 Å². The van der Waals surface area contributed by atoms with Crippen molar-refractivity contribution in [1.82, 2.24) is 19.6 Å². The molecule has 1 aromatic heterocycles. The zero-order valence-electron chi connectivity index (χ0n) is 11.8. The van der Waals surface area contributed by atoms with Crippen LogP contribution >= 0.6 is 0 Å². The van der Waals surface area contributed by atoms with Gasteiger partial charge in [0.1, 0.15) is 0 Å². The van der Waals surface area contributed by atoms with Crippen molar-refractivity contribution in [3.05, 3.63) is 17.5 Å². The van der Waals surface area contributed by atoms with Crippen LogP contribution in [0.1, 0.15) is 30.8 Å². The summed E-state index contributed by atoms with van der Waals surface area (Å²) in [6.45, 7) is 4.27. The molecule has 6 heteroatoms. The van der Waals surface area contributed by atoms with Gasteiger partial charge in [-0.15, -0.1) is 0 Å². The summed E-state index contributed by atoms with van der Waals surface area (Å²) < 4.78 is 1.91. The van der Waals surface area contributed by atoms with Crippen molar-refractivity contribution in [3.63, 3.8) is 0 Å². The van der Waals surface area contributed by atoms with Gasteiger partial charge in [0.15, 0.2) is 0 Å². The number of amides is 1. The second-order valence-electron chi connectivity index (χ2n) is 5.37. The Bertz CT molecular complexity index is 453. The summed E-state index contributed by atoms with van der Waals surface area (Å²) in [5, 5.41) is 14.0. The van der Waals surface area contributed by atoms with Crippen LogP contribution in [-0.4, -0.2) is 57.8 Å². The molecule has 1 atom stereocenters. The Hall–Kier alpha value is -1.40. The minimum absolute atomic E-state index is 0.137. The number of aliphatic hydroxyl groups is 1. The highest BCUT2D eigenvalue weighted by Gasteiger charge is 2.21. The molecule has 0 bridgehead atoms. The maximum Gasteiger partial charge on any atom is 0.237 e. The first-order chi connectivity index (χ1) is 8.97. The number of nitrogens with zero attached hydrogens (tertiary/aromatic N) is 4. The number of fused-ring (bicyclic) bond motifs is 1.